The normalized spacial score (nSPS) is 30.5. The zero-order chi connectivity index (χ0) is 17.7. The first kappa shape index (κ1) is 19.4. The minimum Gasteiger partial charge on any atom is -0.299 e. The van der Waals surface area contributed by atoms with Gasteiger partial charge in [-0.05, 0) is 23.7 Å². The quantitative estimate of drug-likeness (QED) is 0.707. The lowest BCUT2D eigenvalue weighted by molar-refractivity contribution is -0.140. The highest BCUT2D eigenvalue weighted by Gasteiger charge is 2.53. The largest absolute Gasteiger partial charge is 0.299 e. The van der Waals surface area contributed by atoms with Gasteiger partial charge in [-0.1, -0.05) is 69.2 Å². The minimum atomic E-state index is -0.387. The Kier molecular flexibility index (Phi) is 5.08. The Morgan fingerprint density at radius 1 is 0.773 bits per heavy atom. The zero-order valence-corrected chi connectivity index (χ0v) is 16.3. The molecule has 0 aliphatic heterocycles. The fraction of sp³-hybridized carbons (Fsp3) is 0.900. The van der Waals surface area contributed by atoms with Gasteiger partial charge in [0.05, 0.1) is 0 Å². The molecule has 0 heterocycles. The standard InChI is InChI=1S/C20H36O2/c1-12-14(18(2,3)4)11-13(16(21)19(5,6)7)15(12)17(22)20(8,9)10/h12-15H,11H2,1-10H3/t12?,13-,14?,15-/m1/s1. The van der Waals surface area contributed by atoms with Gasteiger partial charge in [0.1, 0.15) is 11.6 Å². The second-order valence-electron chi connectivity index (χ2n) is 10.4. The monoisotopic (exact) mass is 308 g/mol. The van der Waals surface area contributed by atoms with Crippen LogP contribution in [0.4, 0.5) is 0 Å². The molecule has 1 fully saturated rings. The van der Waals surface area contributed by atoms with Gasteiger partial charge in [0, 0.05) is 22.7 Å². The number of ketones is 2. The van der Waals surface area contributed by atoms with E-state index in [4.69, 9.17) is 0 Å². The van der Waals surface area contributed by atoms with E-state index in [1.54, 1.807) is 0 Å². The molecule has 4 atom stereocenters. The first-order valence-corrected chi connectivity index (χ1v) is 8.67. The molecular weight excluding hydrogens is 272 g/mol. The van der Waals surface area contributed by atoms with E-state index in [2.05, 4.69) is 27.7 Å². The van der Waals surface area contributed by atoms with Crippen molar-refractivity contribution in [3.8, 4) is 0 Å². The summed E-state index contributed by atoms with van der Waals surface area (Å²) in [5, 5.41) is 0. The Labute approximate surface area is 137 Å². The molecule has 0 saturated heterocycles. The van der Waals surface area contributed by atoms with Crippen LogP contribution in [0.5, 0.6) is 0 Å². The third-order valence-electron chi connectivity index (χ3n) is 5.37. The van der Waals surface area contributed by atoms with Crippen LogP contribution in [-0.4, -0.2) is 11.6 Å². The van der Waals surface area contributed by atoms with E-state index in [1.807, 2.05) is 41.5 Å². The van der Waals surface area contributed by atoms with E-state index < -0.39 is 0 Å². The maximum atomic E-state index is 13.0. The smallest absolute Gasteiger partial charge is 0.142 e. The van der Waals surface area contributed by atoms with Crippen LogP contribution in [0.25, 0.3) is 0 Å². The van der Waals surface area contributed by atoms with E-state index in [-0.39, 0.29) is 45.6 Å². The van der Waals surface area contributed by atoms with Crippen LogP contribution < -0.4 is 0 Å². The van der Waals surface area contributed by atoms with Crippen LogP contribution in [0.2, 0.25) is 0 Å². The third-order valence-corrected chi connectivity index (χ3v) is 5.37. The summed E-state index contributed by atoms with van der Waals surface area (Å²) in [6.07, 6.45) is 0.854. The highest BCUT2D eigenvalue weighted by atomic mass is 16.1. The first-order valence-electron chi connectivity index (χ1n) is 8.67. The van der Waals surface area contributed by atoms with E-state index >= 15 is 0 Å². The molecule has 128 valence electrons. The molecule has 0 aromatic carbocycles. The van der Waals surface area contributed by atoms with E-state index in [0.717, 1.165) is 6.42 Å². The minimum absolute atomic E-state index is 0.119. The van der Waals surface area contributed by atoms with Crippen molar-refractivity contribution in [3.63, 3.8) is 0 Å². The Morgan fingerprint density at radius 2 is 1.18 bits per heavy atom. The van der Waals surface area contributed by atoms with Gasteiger partial charge in [-0.3, -0.25) is 9.59 Å². The second kappa shape index (κ2) is 5.76. The molecule has 22 heavy (non-hydrogen) atoms. The average molecular weight is 309 g/mol. The molecule has 2 heteroatoms. The summed E-state index contributed by atoms with van der Waals surface area (Å²) in [4.78, 5) is 26.0. The molecule has 0 spiro atoms. The molecule has 1 rings (SSSR count). The van der Waals surface area contributed by atoms with Crippen molar-refractivity contribution in [1.82, 2.24) is 0 Å². The van der Waals surface area contributed by atoms with Gasteiger partial charge < -0.3 is 0 Å². The molecule has 2 nitrogen and oxygen atoms in total. The number of rotatable bonds is 2. The van der Waals surface area contributed by atoms with Crippen LogP contribution in [-0.2, 0) is 9.59 Å². The van der Waals surface area contributed by atoms with Crippen molar-refractivity contribution in [3.05, 3.63) is 0 Å². The number of hydrogen-bond donors (Lipinski definition) is 0. The van der Waals surface area contributed by atoms with Gasteiger partial charge in [0.15, 0.2) is 0 Å². The lowest BCUT2D eigenvalue weighted by Gasteiger charge is -2.33. The Bertz CT molecular complexity index is 440. The van der Waals surface area contributed by atoms with Crippen LogP contribution in [0.3, 0.4) is 0 Å². The lowest BCUT2D eigenvalue weighted by Crippen LogP contribution is -2.40. The van der Waals surface area contributed by atoms with Gasteiger partial charge in [0.2, 0.25) is 0 Å². The summed E-state index contributed by atoms with van der Waals surface area (Å²) in [6, 6.07) is 0. The molecule has 0 N–H and O–H groups in total. The fourth-order valence-corrected chi connectivity index (χ4v) is 4.14. The highest BCUT2D eigenvalue weighted by molar-refractivity contribution is 5.95. The molecule has 1 aliphatic rings. The average Bonchev–Trinajstić information content (AvgIpc) is 2.61. The fourth-order valence-electron chi connectivity index (χ4n) is 4.14. The summed E-state index contributed by atoms with van der Waals surface area (Å²) in [5.74, 6) is 0.952. The summed E-state index contributed by atoms with van der Waals surface area (Å²) in [7, 11) is 0. The lowest BCUT2D eigenvalue weighted by atomic mass is 9.69. The predicted molar refractivity (Wildman–Crippen MR) is 92.6 cm³/mol. The molecule has 0 aromatic rings. The van der Waals surface area contributed by atoms with E-state index in [9.17, 15) is 9.59 Å². The third kappa shape index (κ3) is 3.81. The SMILES string of the molecule is CC1C(C(C)(C)C)C[C@@H](C(=O)C(C)(C)C)[C@@H]1C(=O)C(C)(C)C. The molecule has 1 saturated carbocycles. The zero-order valence-electron chi connectivity index (χ0n) is 16.3. The molecular formula is C20H36O2. The van der Waals surface area contributed by atoms with Crippen molar-refractivity contribution >= 4 is 11.6 Å². The van der Waals surface area contributed by atoms with E-state index in [1.165, 1.54) is 0 Å². The van der Waals surface area contributed by atoms with Gasteiger partial charge in [-0.2, -0.15) is 0 Å². The molecule has 0 radical (unpaired) electrons. The Hall–Kier alpha value is -0.660. The first-order chi connectivity index (χ1) is 9.58. The maximum absolute atomic E-state index is 13.0. The summed E-state index contributed by atoms with van der Waals surface area (Å²) >= 11 is 0. The Balaban J connectivity index is 3.27. The van der Waals surface area contributed by atoms with Crippen molar-refractivity contribution in [2.45, 2.75) is 75.7 Å². The van der Waals surface area contributed by atoms with Gasteiger partial charge in [0.25, 0.3) is 0 Å². The summed E-state index contributed by atoms with van der Waals surface area (Å²) < 4.78 is 0. The van der Waals surface area contributed by atoms with Crippen LogP contribution in [0, 0.1) is 39.9 Å². The molecule has 0 amide bonds. The van der Waals surface area contributed by atoms with Crippen LogP contribution >= 0.6 is 0 Å². The summed E-state index contributed by atoms with van der Waals surface area (Å²) in [5.41, 5.74) is -0.640. The van der Waals surface area contributed by atoms with Crippen molar-refractivity contribution < 1.29 is 9.59 Å². The topological polar surface area (TPSA) is 34.1 Å². The van der Waals surface area contributed by atoms with Crippen molar-refractivity contribution in [2.75, 3.05) is 0 Å². The van der Waals surface area contributed by atoms with Crippen LogP contribution in [0.15, 0.2) is 0 Å². The van der Waals surface area contributed by atoms with Gasteiger partial charge >= 0.3 is 0 Å². The van der Waals surface area contributed by atoms with E-state index in [0.29, 0.717) is 5.92 Å². The summed E-state index contributed by atoms with van der Waals surface area (Å²) in [6.45, 7) is 20.7. The number of carbonyl (C=O) groups excluding carboxylic acids is 2. The molecule has 2 unspecified atom stereocenters. The number of carbonyl (C=O) groups is 2. The van der Waals surface area contributed by atoms with Gasteiger partial charge in [-0.25, -0.2) is 0 Å². The molecule has 1 aliphatic carbocycles. The molecule has 0 aromatic heterocycles. The van der Waals surface area contributed by atoms with Crippen molar-refractivity contribution in [2.24, 2.45) is 39.9 Å². The predicted octanol–water partition coefficient (Wildman–Crippen LogP) is 5.15. The second-order valence-corrected chi connectivity index (χ2v) is 10.4. The van der Waals surface area contributed by atoms with Crippen LogP contribution in [0.1, 0.15) is 75.7 Å². The van der Waals surface area contributed by atoms with Gasteiger partial charge in [-0.15, -0.1) is 0 Å². The maximum Gasteiger partial charge on any atom is 0.142 e. The number of hydrogen-bond acceptors (Lipinski definition) is 2. The molecule has 0 bridgehead atoms. The highest BCUT2D eigenvalue weighted by Crippen LogP contribution is 2.52. The van der Waals surface area contributed by atoms with Crippen molar-refractivity contribution in [1.29, 1.82) is 0 Å². The Morgan fingerprint density at radius 3 is 1.50 bits per heavy atom. The number of Topliss-reactive ketones (excluding diaryl/α,β-unsaturated/α-hetero) is 2.